The van der Waals surface area contributed by atoms with E-state index in [-0.39, 0.29) is 23.8 Å². The highest BCUT2D eigenvalue weighted by Crippen LogP contribution is 2.58. The van der Waals surface area contributed by atoms with E-state index in [4.69, 9.17) is 20.9 Å². The standard InChI is InChI=1S/C15H13N3O3/c16-11-6-8(3-4-18-11)20-7-1-2-10-9(5-7)12-13(15(17)19)14(12)21-10/h1-6,12-14H,(H2,16,18)(H2,17,19)/t12-,13-,14-/m0/s1. The fourth-order valence-corrected chi connectivity index (χ4v) is 2.87. The van der Waals surface area contributed by atoms with Crippen molar-refractivity contribution in [3.8, 4) is 17.2 Å². The fourth-order valence-electron chi connectivity index (χ4n) is 2.87. The fraction of sp³-hybridized carbons (Fsp3) is 0.200. The molecule has 2 aliphatic rings. The molecule has 1 aromatic carbocycles. The summed E-state index contributed by atoms with van der Waals surface area (Å²) in [5.74, 6) is 1.99. The van der Waals surface area contributed by atoms with Gasteiger partial charge in [-0.2, -0.15) is 0 Å². The van der Waals surface area contributed by atoms with Gasteiger partial charge in [-0.3, -0.25) is 4.79 Å². The third kappa shape index (κ3) is 1.87. The maximum absolute atomic E-state index is 11.3. The number of primary amides is 1. The molecule has 0 bridgehead atoms. The van der Waals surface area contributed by atoms with Crippen LogP contribution in [0, 0.1) is 5.92 Å². The highest BCUT2D eigenvalue weighted by atomic mass is 16.5. The zero-order valence-electron chi connectivity index (χ0n) is 11.0. The Labute approximate surface area is 120 Å². The summed E-state index contributed by atoms with van der Waals surface area (Å²) in [5, 5.41) is 0. The Hall–Kier alpha value is -2.76. The van der Waals surface area contributed by atoms with Crippen molar-refractivity contribution in [2.24, 2.45) is 11.7 Å². The van der Waals surface area contributed by atoms with E-state index in [1.807, 2.05) is 18.2 Å². The lowest BCUT2D eigenvalue weighted by molar-refractivity contribution is -0.119. The molecule has 1 saturated carbocycles. The summed E-state index contributed by atoms with van der Waals surface area (Å²) < 4.78 is 11.4. The van der Waals surface area contributed by atoms with Crippen molar-refractivity contribution < 1.29 is 14.3 Å². The zero-order chi connectivity index (χ0) is 14.6. The van der Waals surface area contributed by atoms with E-state index in [2.05, 4.69) is 4.98 Å². The molecule has 1 aliphatic heterocycles. The number of benzene rings is 1. The lowest BCUT2D eigenvalue weighted by atomic mass is 10.1. The van der Waals surface area contributed by atoms with Gasteiger partial charge in [-0.1, -0.05) is 0 Å². The molecule has 3 atom stereocenters. The van der Waals surface area contributed by atoms with Crippen LogP contribution in [0.2, 0.25) is 0 Å². The predicted octanol–water partition coefficient (Wildman–Crippen LogP) is 1.42. The highest BCUT2D eigenvalue weighted by Gasteiger charge is 2.62. The van der Waals surface area contributed by atoms with Crippen LogP contribution in [0.3, 0.4) is 0 Å². The van der Waals surface area contributed by atoms with Gasteiger partial charge in [0, 0.05) is 23.7 Å². The Kier molecular flexibility index (Phi) is 2.35. The number of hydrogen-bond acceptors (Lipinski definition) is 5. The van der Waals surface area contributed by atoms with Gasteiger partial charge in [0.1, 0.15) is 29.2 Å². The molecule has 4 N–H and O–H groups in total. The molecule has 2 heterocycles. The molecule has 0 spiro atoms. The Balaban J connectivity index is 1.61. The van der Waals surface area contributed by atoms with Gasteiger partial charge in [-0.25, -0.2) is 4.98 Å². The molecule has 1 amide bonds. The Morgan fingerprint density at radius 1 is 1.24 bits per heavy atom. The van der Waals surface area contributed by atoms with Crippen molar-refractivity contribution in [2.45, 2.75) is 12.0 Å². The van der Waals surface area contributed by atoms with Gasteiger partial charge in [0.2, 0.25) is 5.91 Å². The number of hydrogen-bond donors (Lipinski definition) is 2. The van der Waals surface area contributed by atoms with Gasteiger partial charge >= 0.3 is 0 Å². The number of anilines is 1. The monoisotopic (exact) mass is 283 g/mol. The first-order valence-corrected chi connectivity index (χ1v) is 6.63. The van der Waals surface area contributed by atoms with Crippen LogP contribution in [0.25, 0.3) is 0 Å². The number of pyridine rings is 1. The normalized spacial score (nSPS) is 24.7. The molecule has 106 valence electrons. The van der Waals surface area contributed by atoms with Gasteiger partial charge < -0.3 is 20.9 Å². The summed E-state index contributed by atoms with van der Waals surface area (Å²) in [6, 6.07) is 8.93. The largest absolute Gasteiger partial charge is 0.489 e. The van der Waals surface area contributed by atoms with E-state index < -0.39 is 0 Å². The molecule has 1 aliphatic carbocycles. The van der Waals surface area contributed by atoms with Crippen LogP contribution in [-0.2, 0) is 4.79 Å². The van der Waals surface area contributed by atoms with Crippen LogP contribution in [0.4, 0.5) is 5.82 Å². The second-order valence-electron chi connectivity index (χ2n) is 5.25. The molecule has 4 rings (SSSR count). The summed E-state index contributed by atoms with van der Waals surface area (Å²) in [5.41, 5.74) is 11.9. The number of nitrogens with zero attached hydrogens (tertiary/aromatic N) is 1. The summed E-state index contributed by atoms with van der Waals surface area (Å²) in [6.07, 6.45) is 1.48. The van der Waals surface area contributed by atoms with Crippen molar-refractivity contribution in [1.29, 1.82) is 0 Å². The summed E-state index contributed by atoms with van der Waals surface area (Å²) in [7, 11) is 0. The van der Waals surface area contributed by atoms with E-state index in [0.29, 0.717) is 17.3 Å². The average Bonchev–Trinajstić information content (AvgIpc) is 3.04. The number of nitrogen functional groups attached to an aromatic ring is 1. The quantitative estimate of drug-likeness (QED) is 0.887. The minimum atomic E-state index is -0.316. The van der Waals surface area contributed by atoms with Crippen molar-refractivity contribution >= 4 is 11.7 Å². The third-order valence-electron chi connectivity index (χ3n) is 3.87. The SMILES string of the molecule is NC(=O)[C@@H]1[C@H]2Oc3ccc(Oc4ccnc(N)c4)cc3[C@H]21. The first-order chi connectivity index (χ1) is 10.1. The lowest BCUT2D eigenvalue weighted by Crippen LogP contribution is -2.18. The van der Waals surface area contributed by atoms with E-state index in [1.54, 1.807) is 18.3 Å². The number of rotatable bonds is 3. The average molecular weight is 283 g/mol. The van der Waals surface area contributed by atoms with E-state index >= 15 is 0 Å². The molecule has 2 aromatic rings. The first-order valence-electron chi connectivity index (χ1n) is 6.63. The molecule has 6 heteroatoms. The Morgan fingerprint density at radius 2 is 2.05 bits per heavy atom. The smallest absolute Gasteiger partial charge is 0.225 e. The molecule has 21 heavy (non-hydrogen) atoms. The minimum absolute atomic E-state index is 0.0589. The van der Waals surface area contributed by atoms with Crippen LogP contribution in [-0.4, -0.2) is 17.0 Å². The first kappa shape index (κ1) is 12.0. The Morgan fingerprint density at radius 3 is 2.81 bits per heavy atom. The number of fused-ring (bicyclic) bond motifs is 3. The van der Waals surface area contributed by atoms with Crippen molar-refractivity contribution in [1.82, 2.24) is 4.98 Å². The molecule has 0 radical (unpaired) electrons. The number of aromatic nitrogens is 1. The van der Waals surface area contributed by atoms with Crippen molar-refractivity contribution in [3.63, 3.8) is 0 Å². The summed E-state index contributed by atoms with van der Waals surface area (Å²) in [4.78, 5) is 15.2. The maximum Gasteiger partial charge on any atom is 0.225 e. The van der Waals surface area contributed by atoms with Crippen molar-refractivity contribution in [2.75, 3.05) is 5.73 Å². The molecule has 0 unspecified atom stereocenters. The van der Waals surface area contributed by atoms with Gasteiger partial charge in [-0.15, -0.1) is 0 Å². The number of nitrogens with two attached hydrogens (primary N) is 2. The number of carbonyl (C=O) groups excluding carboxylic acids is 1. The molecule has 1 fully saturated rings. The topological polar surface area (TPSA) is 100 Å². The number of ether oxygens (including phenoxy) is 2. The lowest BCUT2D eigenvalue weighted by Gasteiger charge is -2.10. The van der Waals surface area contributed by atoms with Gasteiger partial charge in [-0.05, 0) is 24.3 Å². The molecular formula is C15H13N3O3. The maximum atomic E-state index is 11.3. The third-order valence-corrected chi connectivity index (χ3v) is 3.87. The van der Waals surface area contributed by atoms with Crippen LogP contribution >= 0.6 is 0 Å². The summed E-state index contributed by atoms with van der Waals surface area (Å²) >= 11 is 0. The van der Waals surface area contributed by atoms with Crippen LogP contribution in [0.1, 0.15) is 11.5 Å². The molecule has 6 nitrogen and oxygen atoms in total. The van der Waals surface area contributed by atoms with Gasteiger partial charge in [0.15, 0.2) is 0 Å². The molecule has 0 saturated heterocycles. The summed E-state index contributed by atoms with van der Waals surface area (Å²) in [6.45, 7) is 0. The van der Waals surface area contributed by atoms with E-state index in [1.165, 1.54) is 0 Å². The number of amides is 1. The van der Waals surface area contributed by atoms with Crippen molar-refractivity contribution in [3.05, 3.63) is 42.1 Å². The Bertz CT molecular complexity index is 747. The predicted molar refractivity (Wildman–Crippen MR) is 75.0 cm³/mol. The zero-order valence-corrected chi connectivity index (χ0v) is 11.0. The highest BCUT2D eigenvalue weighted by molar-refractivity contribution is 5.84. The second kappa shape index (κ2) is 4.12. The molecule has 1 aromatic heterocycles. The van der Waals surface area contributed by atoms with Gasteiger partial charge in [0.25, 0.3) is 0 Å². The van der Waals surface area contributed by atoms with Crippen LogP contribution in [0.5, 0.6) is 17.2 Å². The van der Waals surface area contributed by atoms with Crippen LogP contribution in [0.15, 0.2) is 36.5 Å². The van der Waals surface area contributed by atoms with E-state index in [9.17, 15) is 4.79 Å². The second-order valence-corrected chi connectivity index (χ2v) is 5.25. The van der Waals surface area contributed by atoms with Crippen LogP contribution < -0.4 is 20.9 Å². The number of carbonyl (C=O) groups is 1. The van der Waals surface area contributed by atoms with E-state index in [0.717, 1.165) is 11.3 Å². The molecular weight excluding hydrogens is 270 g/mol. The van der Waals surface area contributed by atoms with Gasteiger partial charge in [0.05, 0.1) is 5.92 Å². The minimum Gasteiger partial charge on any atom is -0.489 e.